The molecule has 3 aromatic heterocycles. The standard InChI is InChI=1S/C26H25N7OS/c1-33-10-7-19(8-11-33)30-26(34)23-13-16-2-3-17(14-22(16)35-23)25-27-9-6-24(31-25)29-20-4-5-21-18(12-20)15-28-32-21/h2-6,9,12-15,19H,7-8,10-11H2,1H3,(H,28,32)(H,30,34)(H,27,29,31). The molecule has 0 saturated carbocycles. The second kappa shape index (κ2) is 9.09. The van der Waals surface area contributed by atoms with E-state index in [0.717, 1.165) is 63.0 Å². The first-order valence-electron chi connectivity index (χ1n) is 11.7. The number of rotatable bonds is 5. The van der Waals surface area contributed by atoms with Gasteiger partial charge in [-0.2, -0.15) is 5.10 Å². The molecule has 0 atom stereocenters. The van der Waals surface area contributed by atoms with Gasteiger partial charge in [0.15, 0.2) is 5.82 Å². The SMILES string of the molecule is CN1CCC(NC(=O)c2cc3ccc(-c4nccc(Nc5ccc6[nH]ncc6c5)n4)cc3s2)CC1. The lowest BCUT2D eigenvalue weighted by atomic mass is 10.1. The number of thiophene rings is 1. The summed E-state index contributed by atoms with van der Waals surface area (Å²) >= 11 is 1.51. The van der Waals surface area contributed by atoms with E-state index in [-0.39, 0.29) is 11.9 Å². The van der Waals surface area contributed by atoms with Gasteiger partial charge in [0.2, 0.25) is 0 Å². The van der Waals surface area contributed by atoms with Crippen molar-refractivity contribution in [2.24, 2.45) is 0 Å². The Morgan fingerprint density at radius 3 is 2.86 bits per heavy atom. The Morgan fingerprint density at radius 1 is 1.09 bits per heavy atom. The van der Waals surface area contributed by atoms with Crippen LogP contribution >= 0.6 is 11.3 Å². The van der Waals surface area contributed by atoms with Gasteiger partial charge in [0.25, 0.3) is 5.91 Å². The Morgan fingerprint density at radius 2 is 1.97 bits per heavy atom. The van der Waals surface area contributed by atoms with E-state index in [2.05, 4.69) is 43.8 Å². The summed E-state index contributed by atoms with van der Waals surface area (Å²) in [5.74, 6) is 1.36. The van der Waals surface area contributed by atoms with Crippen LogP contribution < -0.4 is 10.6 Å². The molecule has 5 aromatic rings. The van der Waals surface area contributed by atoms with Gasteiger partial charge in [0, 0.05) is 33.6 Å². The van der Waals surface area contributed by atoms with Gasteiger partial charge < -0.3 is 15.5 Å². The molecule has 0 radical (unpaired) electrons. The Kier molecular flexibility index (Phi) is 5.63. The Balaban J connectivity index is 1.20. The number of piperidine rings is 1. The minimum atomic E-state index is 0.0133. The Labute approximate surface area is 206 Å². The van der Waals surface area contributed by atoms with Crippen molar-refractivity contribution in [3.8, 4) is 11.4 Å². The maximum Gasteiger partial charge on any atom is 0.261 e. The first-order chi connectivity index (χ1) is 17.1. The van der Waals surface area contributed by atoms with Gasteiger partial charge in [-0.1, -0.05) is 12.1 Å². The number of nitrogens with one attached hydrogen (secondary N) is 3. The van der Waals surface area contributed by atoms with E-state index < -0.39 is 0 Å². The average molecular weight is 484 g/mol. The second-order valence-electron chi connectivity index (χ2n) is 8.98. The van der Waals surface area contributed by atoms with Gasteiger partial charge in [-0.05, 0) is 74.8 Å². The van der Waals surface area contributed by atoms with Crippen LogP contribution in [0.5, 0.6) is 0 Å². The fourth-order valence-corrected chi connectivity index (χ4v) is 5.43. The molecular weight excluding hydrogens is 458 g/mol. The number of carbonyl (C=O) groups is 1. The molecule has 8 nitrogen and oxygen atoms in total. The van der Waals surface area contributed by atoms with Gasteiger partial charge in [0.1, 0.15) is 5.82 Å². The third kappa shape index (κ3) is 4.60. The Bertz CT molecular complexity index is 1520. The predicted molar refractivity (Wildman–Crippen MR) is 140 cm³/mol. The molecular formula is C26H25N7OS. The molecule has 0 bridgehead atoms. The Hall–Kier alpha value is -3.82. The molecule has 0 spiro atoms. The van der Waals surface area contributed by atoms with Crippen LogP contribution in [0.3, 0.4) is 0 Å². The van der Waals surface area contributed by atoms with Gasteiger partial charge in [-0.25, -0.2) is 9.97 Å². The molecule has 1 aliphatic heterocycles. The lowest BCUT2D eigenvalue weighted by Gasteiger charge is -2.29. The van der Waals surface area contributed by atoms with Crippen LogP contribution in [0.4, 0.5) is 11.5 Å². The van der Waals surface area contributed by atoms with Crippen LogP contribution in [0.1, 0.15) is 22.5 Å². The number of aromatic amines is 1. The van der Waals surface area contributed by atoms with E-state index in [4.69, 9.17) is 4.98 Å². The fourth-order valence-electron chi connectivity index (χ4n) is 4.43. The zero-order valence-corrected chi connectivity index (χ0v) is 20.1. The predicted octanol–water partition coefficient (Wildman–Crippen LogP) is 4.80. The summed E-state index contributed by atoms with van der Waals surface area (Å²) in [7, 11) is 2.12. The third-order valence-electron chi connectivity index (χ3n) is 6.42. The van der Waals surface area contributed by atoms with Gasteiger partial charge in [-0.3, -0.25) is 9.89 Å². The summed E-state index contributed by atoms with van der Waals surface area (Å²) in [5.41, 5.74) is 2.83. The van der Waals surface area contributed by atoms with Gasteiger partial charge >= 0.3 is 0 Å². The van der Waals surface area contributed by atoms with Gasteiger partial charge in [-0.15, -0.1) is 11.3 Å². The van der Waals surface area contributed by atoms with Crippen LogP contribution in [0.25, 0.3) is 32.4 Å². The monoisotopic (exact) mass is 483 g/mol. The van der Waals surface area contributed by atoms with Gasteiger partial charge in [0.05, 0.1) is 16.6 Å². The maximum absolute atomic E-state index is 12.8. The van der Waals surface area contributed by atoms with Crippen LogP contribution in [-0.2, 0) is 0 Å². The molecule has 35 heavy (non-hydrogen) atoms. The number of amides is 1. The van der Waals surface area contributed by atoms with Crippen LogP contribution in [0.2, 0.25) is 0 Å². The molecule has 4 heterocycles. The van der Waals surface area contributed by atoms with Crippen molar-refractivity contribution < 1.29 is 4.79 Å². The molecule has 3 N–H and O–H groups in total. The topological polar surface area (TPSA) is 98.8 Å². The molecule has 0 unspecified atom stereocenters. The van der Waals surface area contributed by atoms with Crippen LogP contribution in [0, 0.1) is 0 Å². The van der Waals surface area contributed by atoms with E-state index in [1.807, 2.05) is 42.5 Å². The smallest absolute Gasteiger partial charge is 0.261 e. The number of fused-ring (bicyclic) bond motifs is 2. The molecule has 9 heteroatoms. The zero-order chi connectivity index (χ0) is 23.8. The first kappa shape index (κ1) is 21.7. The molecule has 2 aromatic carbocycles. The van der Waals surface area contributed by atoms with Crippen LogP contribution in [0.15, 0.2) is 60.9 Å². The first-order valence-corrected chi connectivity index (χ1v) is 12.5. The molecule has 176 valence electrons. The van der Waals surface area contributed by atoms with E-state index in [1.165, 1.54) is 11.3 Å². The number of nitrogens with zero attached hydrogens (tertiary/aromatic N) is 4. The third-order valence-corrected chi connectivity index (χ3v) is 7.52. The minimum Gasteiger partial charge on any atom is -0.349 e. The van der Waals surface area contributed by atoms with Crippen molar-refractivity contribution in [3.05, 3.63) is 65.8 Å². The number of aromatic nitrogens is 4. The highest BCUT2D eigenvalue weighted by Crippen LogP contribution is 2.30. The minimum absolute atomic E-state index is 0.0133. The summed E-state index contributed by atoms with van der Waals surface area (Å²) in [6.45, 7) is 2.04. The number of hydrogen-bond donors (Lipinski definition) is 3. The molecule has 1 saturated heterocycles. The van der Waals surface area contributed by atoms with Crippen molar-refractivity contribution in [2.45, 2.75) is 18.9 Å². The average Bonchev–Trinajstić information content (AvgIpc) is 3.52. The van der Waals surface area contributed by atoms with Crippen molar-refractivity contribution >= 4 is 49.7 Å². The zero-order valence-electron chi connectivity index (χ0n) is 19.3. The molecule has 0 aliphatic carbocycles. The summed E-state index contributed by atoms with van der Waals surface area (Å²) in [6, 6.07) is 16.2. The number of carbonyl (C=O) groups excluding carboxylic acids is 1. The fraction of sp³-hybridized carbons (Fsp3) is 0.231. The lowest BCUT2D eigenvalue weighted by molar-refractivity contribution is 0.0921. The highest BCUT2D eigenvalue weighted by atomic mass is 32.1. The highest BCUT2D eigenvalue weighted by molar-refractivity contribution is 7.20. The number of H-pyrrole nitrogens is 1. The molecule has 1 fully saturated rings. The van der Waals surface area contributed by atoms with E-state index in [0.29, 0.717) is 11.6 Å². The lowest BCUT2D eigenvalue weighted by Crippen LogP contribution is -2.43. The van der Waals surface area contributed by atoms with Crippen molar-refractivity contribution in [3.63, 3.8) is 0 Å². The highest BCUT2D eigenvalue weighted by Gasteiger charge is 2.20. The van der Waals surface area contributed by atoms with E-state index in [1.54, 1.807) is 12.4 Å². The number of benzene rings is 2. The molecule has 6 rings (SSSR count). The molecule has 1 amide bonds. The quantitative estimate of drug-likeness (QED) is 0.332. The molecule has 1 aliphatic rings. The van der Waals surface area contributed by atoms with Crippen LogP contribution in [-0.4, -0.2) is 57.2 Å². The summed E-state index contributed by atoms with van der Waals surface area (Å²) < 4.78 is 1.04. The van der Waals surface area contributed by atoms with Crippen molar-refractivity contribution in [2.75, 3.05) is 25.5 Å². The summed E-state index contributed by atoms with van der Waals surface area (Å²) in [4.78, 5) is 25.1. The number of likely N-dealkylation sites (tertiary alicyclic amines) is 1. The summed E-state index contributed by atoms with van der Waals surface area (Å²) in [5, 5.41) is 15.7. The normalized spacial score (nSPS) is 15.0. The number of anilines is 2. The largest absolute Gasteiger partial charge is 0.349 e. The maximum atomic E-state index is 12.8. The second-order valence-corrected chi connectivity index (χ2v) is 10.1. The number of hydrogen-bond acceptors (Lipinski definition) is 7. The van der Waals surface area contributed by atoms with Crippen molar-refractivity contribution in [1.29, 1.82) is 0 Å². The summed E-state index contributed by atoms with van der Waals surface area (Å²) in [6.07, 6.45) is 5.54. The van der Waals surface area contributed by atoms with Crippen molar-refractivity contribution in [1.82, 2.24) is 30.4 Å². The van der Waals surface area contributed by atoms with E-state index in [9.17, 15) is 4.79 Å². The van der Waals surface area contributed by atoms with E-state index >= 15 is 0 Å².